The van der Waals surface area contributed by atoms with Crippen molar-refractivity contribution in [3.8, 4) is 0 Å². The molecule has 0 aromatic carbocycles. The van der Waals surface area contributed by atoms with Crippen LogP contribution in [0.4, 0.5) is 5.82 Å². The zero-order chi connectivity index (χ0) is 18.2. The molecule has 27 heavy (non-hydrogen) atoms. The summed E-state index contributed by atoms with van der Waals surface area (Å²) < 4.78 is 18.0. The molecule has 0 unspecified atom stereocenters. The molecule has 2 aromatic heterocycles. The maximum atomic E-state index is 6.22. The van der Waals surface area contributed by atoms with Gasteiger partial charge in [0.2, 0.25) is 0 Å². The number of likely N-dealkylation sites (tertiary alicyclic amines) is 1. The monoisotopic (exact) mass is 478 g/mol. The van der Waals surface area contributed by atoms with Gasteiger partial charge in [0.15, 0.2) is 0 Å². The van der Waals surface area contributed by atoms with Gasteiger partial charge < -0.3 is 4.74 Å². The van der Waals surface area contributed by atoms with E-state index in [2.05, 4.69) is 25.8 Å². The van der Waals surface area contributed by atoms with Gasteiger partial charge in [0.1, 0.15) is 0 Å². The number of rotatable bonds is 4. The third kappa shape index (κ3) is 3.82. The van der Waals surface area contributed by atoms with Gasteiger partial charge in [0.05, 0.1) is 0 Å². The molecule has 0 amide bonds. The Morgan fingerprint density at radius 3 is 2.44 bits per heavy atom. The summed E-state index contributed by atoms with van der Waals surface area (Å²) in [7, 11) is 0. The zero-order valence-corrected chi connectivity index (χ0v) is 18.2. The van der Waals surface area contributed by atoms with Crippen molar-refractivity contribution < 1.29 is 13.9 Å². The van der Waals surface area contributed by atoms with Crippen molar-refractivity contribution >= 4 is 43.3 Å². The molecule has 0 saturated carbocycles. The Morgan fingerprint density at radius 2 is 1.70 bits per heavy atom. The Bertz CT molecular complexity index is 798. The average molecular weight is 477 g/mol. The Balaban J connectivity index is 1.29. The fourth-order valence-corrected chi connectivity index (χ4v) is 4.74. The van der Waals surface area contributed by atoms with Crippen LogP contribution in [0.3, 0.4) is 0 Å². The van der Waals surface area contributed by atoms with Crippen molar-refractivity contribution in [1.82, 2.24) is 19.8 Å². The number of hydrogen-bond acceptors (Lipinski definition) is 8. The van der Waals surface area contributed by atoms with E-state index in [0.717, 1.165) is 98.8 Å². The Kier molecular flexibility index (Phi) is 5.25. The molecule has 9 heteroatoms. The minimum atomic E-state index is 0.660. The van der Waals surface area contributed by atoms with Crippen molar-refractivity contribution in [2.45, 2.75) is 12.6 Å². The van der Waals surface area contributed by atoms with Crippen molar-refractivity contribution in [2.24, 2.45) is 0 Å². The van der Waals surface area contributed by atoms with Gasteiger partial charge in [-0.3, -0.25) is 0 Å². The fourth-order valence-electron chi connectivity index (χ4n) is 4.10. The van der Waals surface area contributed by atoms with E-state index < -0.39 is 0 Å². The zero-order valence-electron chi connectivity index (χ0n) is 15.4. The molecule has 0 atom stereocenters. The third-order valence-electron chi connectivity index (χ3n) is 5.59. The van der Waals surface area contributed by atoms with E-state index in [1.807, 2.05) is 0 Å². The van der Waals surface area contributed by atoms with Crippen LogP contribution in [0.1, 0.15) is 5.76 Å². The number of anilines is 1. The number of ether oxygens (including phenoxy) is 2. The van der Waals surface area contributed by atoms with Gasteiger partial charge in [-0.1, -0.05) is 0 Å². The molecule has 3 radical (unpaired) electrons. The second kappa shape index (κ2) is 7.82. The van der Waals surface area contributed by atoms with E-state index >= 15 is 0 Å². The summed E-state index contributed by atoms with van der Waals surface area (Å²) in [5.41, 5.74) is 1.75. The quantitative estimate of drug-likeness (QED) is 0.540. The Morgan fingerprint density at radius 1 is 1.00 bits per heavy atom. The number of nitrogens with zero attached hydrogens (tertiary/aromatic N) is 5. The number of fused-ring (bicyclic) bond motifs is 1. The molecule has 3 aliphatic rings. The SMILES string of the molecule is [Sn][c]1nc(N2CCOCC2)c2oc(CN3CC(N4CCOCC4)C3)cc2n1. The van der Waals surface area contributed by atoms with Crippen LogP contribution in [-0.2, 0) is 16.0 Å². The topological polar surface area (TPSA) is 67.1 Å². The first-order chi connectivity index (χ1) is 13.3. The number of morpholine rings is 2. The molecule has 3 aliphatic heterocycles. The fraction of sp³-hybridized carbons (Fsp3) is 0.667. The normalized spacial score (nSPS) is 23.1. The number of furan rings is 1. The number of hydrogen-bond donors (Lipinski definition) is 0. The summed E-state index contributed by atoms with van der Waals surface area (Å²) in [5.74, 6) is 1.91. The number of aromatic nitrogens is 2. The minimum absolute atomic E-state index is 0.660. The van der Waals surface area contributed by atoms with E-state index in [0.29, 0.717) is 6.04 Å². The molecule has 0 spiro atoms. The molecule has 3 fully saturated rings. The predicted molar refractivity (Wildman–Crippen MR) is 102 cm³/mol. The maximum absolute atomic E-state index is 6.22. The van der Waals surface area contributed by atoms with Crippen LogP contribution < -0.4 is 8.74 Å². The van der Waals surface area contributed by atoms with Crippen molar-refractivity contribution in [1.29, 1.82) is 0 Å². The van der Waals surface area contributed by atoms with Crippen molar-refractivity contribution in [3.63, 3.8) is 0 Å². The standard InChI is InChI=1S/C18H24N5O3.Sn/c1-5-24-6-2-22(1)14-10-21(11-14)12-15-9-16-17(26-15)18(20-13-19-16)23-3-7-25-8-4-23;/h9,14H,1-8,10-12H2;. The second-order valence-corrected chi connectivity index (χ2v) is 8.67. The molecule has 3 saturated heterocycles. The third-order valence-corrected chi connectivity index (χ3v) is 6.23. The van der Waals surface area contributed by atoms with E-state index in [-0.39, 0.29) is 0 Å². The molecule has 2 aromatic rings. The molecule has 0 bridgehead atoms. The van der Waals surface area contributed by atoms with E-state index in [9.17, 15) is 0 Å². The van der Waals surface area contributed by atoms with E-state index in [4.69, 9.17) is 18.9 Å². The van der Waals surface area contributed by atoms with Crippen LogP contribution in [0, 0.1) is 0 Å². The molecule has 143 valence electrons. The molecule has 0 N–H and O–H groups in total. The molecule has 5 rings (SSSR count). The van der Waals surface area contributed by atoms with Crippen molar-refractivity contribution in [2.75, 3.05) is 70.6 Å². The molecule has 8 nitrogen and oxygen atoms in total. The van der Waals surface area contributed by atoms with Crippen LogP contribution in [-0.4, -0.2) is 114 Å². The first-order valence-electron chi connectivity index (χ1n) is 9.65. The van der Waals surface area contributed by atoms with Gasteiger partial charge in [0, 0.05) is 0 Å². The first kappa shape index (κ1) is 18.1. The summed E-state index contributed by atoms with van der Waals surface area (Å²) in [6.45, 7) is 10.1. The average Bonchev–Trinajstić information content (AvgIpc) is 3.07. The molecule has 0 aliphatic carbocycles. The van der Waals surface area contributed by atoms with Crippen LogP contribution in [0.2, 0.25) is 0 Å². The summed E-state index contributed by atoms with van der Waals surface area (Å²) in [6.07, 6.45) is 0. The van der Waals surface area contributed by atoms with Gasteiger partial charge >= 0.3 is 167 Å². The summed E-state index contributed by atoms with van der Waals surface area (Å²) in [4.78, 5) is 16.6. The van der Waals surface area contributed by atoms with Crippen LogP contribution in [0.5, 0.6) is 0 Å². The van der Waals surface area contributed by atoms with Gasteiger partial charge in [-0.05, 0) is 0 Å². The van der Waals surface area contributed by atoms with Gasteiger partial charge in [-0.15, -0.1) is 0 Å². The Labute approximate surface area is 171 Å². The molecular weight excluding hydrogens is 453 g/mol. The van der Waals surface area contributed by atoms with E-state index in [1.165, 1.54) is 22.5 Å². The Hall–Kier alpha value is -0.941. The van der Waals surface area contributed by atoms with Gasteiger partial charge in [0.25, 0.3) is 0 Å². The van der Waals surface area contributed by atoms with Crippen LogP contribution >= 0.6 is 0 Å². The molecule has 5 heterocycles. The molecular formula is C18H24N5O3Sn. The van der Waals surface area contributed by atoms with E-state index in [1.54, 1.807) is 0 Å². The summed E-state index contributed by atoms with van der Waals surface area (Å²) in [5, 5.41) is 0. The van der Waals surface area contributed by atoms with Gasteiger partial charge in [-0.2, -0.15) is 0 Å². The summed E-state index contributed by atoms with van der Waals surface area (Å²) in [6, 6.07) is 2.75. The van der Waals surface area contributed by atoms with Gasteiger partial charge in [-0.25, -0.2) is 0 Å². The van der Waals surface area contributed by atoms with Crippen LogP contribution in [0.15, 0.2) is 10.5 Å². The predicted octanol–water partition coefficient (Wildman–Crippen LogP) is -0.630. The first-order valence-corrected chi connectivity index (χ1v) is 11.1. The van der Waals surface area contributed by atoms with Crippen molar-refractivity contribution in [3.05, 3.63) is 11.8 Å². The van der Waals surface area contributed by atoms with Crippen LogP contribution in [0.25, 0.3) is 11.1 Å². The second-order valence-electron chi connectivity index (χ2n) is 7.39. The summed E-state index contributed by atoms with van der Waals surface area (Å²) >= 11 is 1.22.